The van der Waals surface area contributed by atoms with E-state index in [0.29, 0.717) is 0 Å². The van der Waals surface area contributed by atoms with Crippen LogP contribution in [0.3, 0.4) is 0 Å². The first-order valence-corrected chi connectivity index (χ1v) is 4.51. The Morgan fingerprint density at radius 1 is 1.54 bits per heavy atom. The zero-order valence-electron chi connectivity index (χ0n) is 7.54. The molecule has 0 spiro atoms. The van der Waals surface area contributed by atoms with Crippen LogP contribution in [0.2, 0.25) is 0 Å². The maximum absolute atomic E-state index is 6.04. The summed E-state index contributed by atoms with van der Waals surface area (Å²) >= 11 is 0. The molecule has 0 radical (unpaired) electrons. The fourth-order valence-corrected chi connectivity index (χ4v) is 1.63. The van der Waals surface area contributed by atoms with Gasteiger partial charge in [-0.3, -0.25) is 4.40 Å². The largest absolute Gasteiger partial charge is 0.328 e. The minimum absolute atomic E-state index is 0.124. The summed E-state index contributed by atoms with van der Waals surface area (Å²) in [6, 6.07) is 0. The van der Waals surface area contributed by atoms with Crippen molar-refractivity contribution in [3.63, 3.8) is 0 Å². The number of rotatable bonds is 1. The van der Waals surface area contributed by atoms with Crippen molar-refractivity contribution in [1.82, 2.24) is 14.4 Å². The molecular formula is C9H12N4. The fraction of sp³-hybridized carbons (Fsp3) is 0.444. The molecule has 4 heteroatoms. The van der Waals surface area contributed by atoms with E-state index < -0.39 is 0 Å². The molecule has 1 fully saturated rings. The number of hydrogen-bond acceptors (Lipinski definition) is 2. The van der Waals surface area contributed by atoms with Crippen molar-refractivity contribution in [3.8, 4) is 0 Å². The van der Waals surface area contributed by atoms with E-state index in [1.165, 1.54) is 0 Å². The molecule has 0 saturated heterocycles. The van der Waals surface area contributed by atoms with Gasteiger partial charge in [0.15, 0.2) is 0 Å². The molecule has 3 rings (SSSR count). The SMILES string of the molecule is Cc1cn2cc(C3(N)CC3)nc2[nH]1. The van der Waals surface area contributed by atoms with Crippen molar-refractivity contribution in [2.24, 2.45) is 5.73 Å². The number of fused-ring (bicyclic) bond motifs is 1. The predicted molar refractivity (Wildman–Crippen MR) is 49.4 cm³/mol. The van der Waals surface area contributed by atoms with Crippen LogP contribution >= 0.6 is 0 Å². The van der Waals surface area contributed by atoms with Gasteiger partial charge in [-0.05, 0) is 19.8 Å². The van der Waals surface area contributed by atoms with Gasteiger partial charge in [0.1, 0.15) is 0 Å². The minimum atomic E-state index is -0.124. The quantitative estimate of drug-likeness (QED) is 0.678. The minimum Gasteiger partial charge on any atom is -0.328 e. The molecule has 2 aromatic heterocycles. The maximum atomic E-state index is 6.04. The number of H-pyrrole nitrogens is 1. The molecule has 68 valence electrons. The van der Waals surface area contributed by atoms with Crippen molar-refractivity contribution in [1.29, 1.82) is 0 Å². The Morgan fingerprint density at radius 2 is 2.31 bits per heavy atom. The van der Waals surface area contributed by atoms with E-state index in [0.717, 1.165) is 30.0 Å². The fourth-order valence-electron chi connectivity index (χ4n) is 1.63. The molecule has 0 amide bonds. The third kappa shape index (κ3) is 0.920. The smallest absolute Gasteiger partial charge is 0.211 e. The molecule has 0 atom stereocenters. The molecule has 4 nitrogen and oxygen atoms in total. The molecule has 13 heavy (non-hydrogen) atoms. The van der Waals surface area contributed by atoms with Gasteiger partial charge >= 0.3 is 0 Å². The standard InChI is InChI=1S/C9H12N4/c1-6-4-13-5-7(9(10)2-3-9)12-8(13)11-6/h4-5H,2-3,10H2,1H3,(H,11,12). The Hall–Kier alpha value is -1.29. The molecule has 0 unspecified atom stereocenters. The number of hydrogen-bond donors (Lipinski definition) is 2. The van der Waals surface area contributed by atoms with Gasteiger partial charge in [-0.25, -0.2) is 4.98 Å². The molecule has 0 aliphatic heterocycles. The van der Waals surface area contributed by atoms with Gasteiger partial charge < -0.3 is 10.7 Å². The van der Waals surface area contributed by atoms with E-state index in [9.17, 15) is 0 Å². The van der Waals surface area contributed by atoms with Crippen molar-refractivity contribution in [2.45, 2.75) is 25.3 Å². The maximum Gasteiger partial charge on any atom is 0.211 e. The Kier molecular flexibility index (Phi) is 1.08. The average Bonchev–Trinajstić information content (AvgIpc) is 2.53. The molecule has 2 heterocycles. The van der Waals surface area contributed by atoms with Crippen LogP contribution in [0.4, 0.5) is 0 Å². The van der Waals surface area contributed by atoms with E-state index in [4.69, 9.17) is 5.73 Å². The molecule has 3 N–H and O–H groups in total. The van der Waals surface area contributed by atoms with Gasteiger partial charge in [0.05, 0.1) is 11.2 Å². The molecule has 0 aromatic carbocycles. The second-order valence-electron chi connectivity index (χ2n) is 3.95. The van der Waals surface area contributed by atoms with Crippen molar-refractivity contribution < 1.29 is 0 Å². The molecule has 1 saturated carbocycles. The second kappa shape index (κ2) is 1.96. The lowest BCUT2D eigenvalue weighted by Gasteiger charge is -2.00. The van der Waals surface area contributed by atoms with Crippen molar-refractivity contribution in [2.75, 3.05) is 0 Å². The second-order valence-corrected chi connectivity index (χ2v) is 3.95. The van der Waals surface area contributed by atoms with E-state index in [1.54, 1.807) is 0 Å². The Morgan fingerprint density at radius 3 is 2.92 bits per heavy atom. The molecule has 1 aliphatic rings. The summed E-state index contributed by atoms with van der Waals surface area (Å²) in [4.78, 5) is 7.62. The van der Waals surface area contributed by atoms with Crippen LogP contribution in [0.15, 0.2) is 12.4 Å². The highest BCUT2D eigenvalue weighted by Crippen LogP contribution is 2.41. The highest BCUT2D eigenvalue weighted by Gasteiger charge is 2.42. The first kappa shape index (κ1) is 7.15. The summed E-state index contributed by atoms with van der Waals surface area (Å²) in [5.41, 5.74) is 8.05. The predicted octanol–water partition coefficient (Wildman–Crippen LogP) is 0.919. The lowest BCUT2D eigenvalue weighted by molar-refractivity contribution is 0.714. The zero-order valence-corrected chi connectivity index (χ0v) is 7.54. The van der Waals surface area contributed by atoms with Crippen LogP contribution < -0.4 is 5.73 Å². The zero-order chi connectivity index (χ0) is 9.05. The van der Waals surface area contributed by atoms with E-state index in [1.807, 2.05) is 23.7 Å². The first-order chi connectivity index (χ1) is 6.17. The van der Waals surface area contributed by atoms with Crippen molar-refractivity contribution >= 4 is 5.78 Å². The molecule has 0 bridgehead atoms. The summed E-state index contributed by atoms with van der Waals surface area (Å²) in [7, 11) is 0. The summed E-state index contributed by atoms with van der Waals surface area (Å²) in [5, 5.41) is 0. The average molecular weight is 176 g/mol. The van der Waals surface area contributed by atoms with Crippen LogP contribution in [0.5, 0.6) is 0 Å². The Bertz CT molecular complexity index is 429. The number of aromatic nitrogens is 3. The van der Waals surface area contributed by atoms with E-state index in [2.05, 4.69) is 9.97 Å². The summed E-state index contributed by atoms with van der Waals surface area (Å²) in [5.74, 6) is 0.893. The summed E-state index contributed by atoms with van der Waals surface area (Å²) in [6.07, 6.45) is 6.17. The van der Waals surface area contributed by atoms with Gasteiger partial charge in [0.25, 0.3) is 0 Å². The first-order valence-electron chi connectivity index (χ1n) is 4.51. The van der Waals surface area contributed by atoms with Crippen LogP contribution in [-0.2, 0) is 5.54 Å². The highest BCUT2D eigenvalue weighted by atomic mass is 15.1. The highest BCUT2D eigenvalue weighted by molar-refractivity contribution is 5.36. The monoisotopic (exact) mass is 176 g/mol. The van der Waals surface area contributed by atoms with Gasteiger partial charge in [-0.15, -0.1) is 0 Å². The van der Waals surface area contributed by atoms with Crippen molar-refractivity contribution in [3.05, 3.63) is 23.8 Å². The van der Waals surface area contributed by atoms with Crippen LogP contribution in [0.25, 0.3) is 5.78 Å². The number of nitrogens with zero attached hydrogens (tertiary/aromatic N) is 2. The lowest BCUT2D eigenvalue weighted by atomic mass is 10.2. The lowest BCUT2D eigenvalue weighted by Crippen LogP contribution is -2.18. The number of aromatic amines is 1. The van der Waals surface area contributed by atoms with Gasteiger partial charge in [-0.1, -0.05) is 0 Å². The Labute approximate surface area is 75.8 Å². The molecule has 1 aliphatic carbocycles. The number of aryl methyl sites for hydroxylation is 1. The number of imidazole rings is 2. The number of nitrogens with one attached hydrogen (secondary N) is 1. The summed E-state index contributed by atoms with van der Waals surface area (Å²) < 4.78 is 2.00. The molecule has 2 aromatic rings. The third-order valence-electron chi connectivity index (χ3n) is 2.67. The molecular weight excluding hydrogens is 164 g/mol. The van der Waals surface area contributed by atoms with Crippen LogP contribution in [-0.4, -0.2) is 14.4 Å². The normalized spacial score (nSPS) is 19.5. The van der Waals surface area contributed by atoms with Crippen LogP contribution in [0.1, 0.15) is 24.2 Å². The van der Waals surface area contributed by atoms with Gasteiger partial charge in [0, 0.05) is 18.1 Å². The number of nitrogens with two attached hydrogens (primary N) is 1. The van der Waals surface area contributed by atoms with Gasteiger partial charge in [-0.2, -0.15) is 0 Å². The summed E-state index contributed by atoms with van der Waals surface area (Å²) in [6.45, 7) is 2.02. The van der Waals surface area contributed by atoms with Gasteiger partial charge in [0.2, 0.25) is 5.78 Å². The third-order valence-corrected chi connectivity index (χ3v) is 2.67. The van der Waals surface area contributed by atoms with E-state index >= 15 is 0 Å². The van der Waals surface area contributed by atoms with Crippen LogP contribution in [0, 0.1) is 6.92 Å². The Balaban J connectivity index is 2.18. The topological polar surface area (TPSA) is 59.1 Å². The van der Waals surface area contributed by atoms with E-state index in [-0.39, 0.29) is 5.54 Å².